The molecule has 0 aliphatic rings. The Labute approximate surface area is 197 Å². The third-order valence-electron chi connectivity index (χ3n) is 5.58. The van der Waals surface area contributed by atoms with Crippen molar-refractivity contribution in [1.82, 2.24) is 4.90 Å². The van der Waals surface area contributed by atoms with Crippen LogP contribution in [0.5, 0.6) is 5.75 Å². The third-order valence-corrected chi connectivity index (χ3v) is 7.05. The largest absolute Gasteiger partial charge is 0.382 e. The summed E-state index contributed by atoms with van der Waals surface area (Å²) < 4.78 is 30.0. The first kappa shape index (κ1) is 26.0. The van der Waals surface area contributed by atoms with Crippen LogP contribution in [0, 0.1) is 0 Å². The molecule has 0 radical (unpaired) electrons. The molecule has 176 valence electrons. The number of benzene rings is 2. The van der Waals surface area contributed by atoms with Crippen molar-refractivity contribution < 1.29 is 17.4 Å². The van der Waals surface area contributed by atoms with Crippen LogP contribution in [0.2, 0.25) is 5.02 Å². The summed E-state index contributed by atoms with van der Waals surface area (Å²) >= 11 is 6.28. The molecule has 0 aliphatic carbocycles. The molecule has 0 N–H and O–H groups in total. The molecule has 6 nitrogen and oxygen atoms in total. The monoisotopic (exact) mass is 480 g/mol. The Bertz CT molecular complexity index is 1020. The van der Waals surface area contributed by atoms with Gasteiger partial charge in [-0.3, -0.25) is 4.79 Å². The van der Waals surface area contributed by atoms with E-state index in [4.69, 9.17) is 15.8 Å². The molecule has 0 aromatic heterocycles. The highest BCUT2D eigenvalue weighted by atomic mass is 35.5. The molecule has 8 heteroatoms. The lowest BCUT2D eigenvalue weighted by Gasteiger charge is -2.30. The molecule has 0 aliphatic heterocycles. The zero-order chi connectivity index (χ0) is 23.9. The Hall–Kier alpha value is -2.25. The first-order valence-electron chi connectivity index (χ1n) is 11.0. The van der Waals surface area contributed by atoms with Gasteiger partial charge in [0.2, 0.25) is 0 Å². The first-order chi connectivity index (χ1) is 15.2. The minimum absolute atomic E-state index is 0.0862. The molecule has 32 heavy (non-hydrogen) atoms. The van der Waals surface area contributed by atoms with Crippen LogP contribution in [0.1, 0.15) is 57.0 Å². The van der Waals surface area contributed by atoms with Gasteiger partial charge in [-0.15, -0.1) is 0 Å². The van der Waals surface area contributed by atoms with Crippen LogP contribution < -0.4 is 9.08 Å². The number of anilines is 1. The molecule has 0 unspecified atom stereocenters. The molecule has 1 atom stereocenters. The molecule has 0 heterocycles. The maximum atomic E-state index is 13.4. The van der Waals surface area contributed by atoms with E-state index in [-0.39, 0.29) is 30.0 Å². The number of halogens is 1. The highest BCUT2D eigenvalue weighted by Crippen LogP contribution is 2.30. The summed E-state index contributed by atoms with van der Waals surface area (Å²) in [5.74, 6) is -0.103. The Morgan fingerprint density at radius 3 is 2.28 bits per heavy atom. The van der Waals surface area contributed by atoms with Gasteiger partial charge in [-0.1, -0.05) is 36.7 Å². The van der Waals surface area contributed by atoms with Gasteiger partial charge >= 0.3 is 10.1 Å². The molecular formula is C24H33ClN2O4S. The predicted molar refractivity (Wildman–Crippen MR) is 131 cm³/mol. The number of hydrogen-bond acceptors (Lipinski definition) is 5. The summed E-state index contributed by atoms with van der Waals surface area (Å²) in [5, 5.41) is 0.382. The minimum Gasteiger partial charge on any atom is -0.382 e. The number of nitrogens with zero attached hydrogens (tertiary/aromatic N) is 2. The molecule has 0 bridgehead atoms. The zero-order valence-corrected chi connectivity index (χ0v) is 21.0. The lowest BCUT2D eigenvalue weighted by molar-refractivity contribution is 0.0671. The van der Waals surface area contributed by atoms with Crippen LogP contribution >= 0.6 is 11.6 Å². The van der Waals surface area contributed by atoms with Crippen molar-refractivity contribution in [2.45, 2.75) is 53.6 Å². The van der Waals surface area contributed by atoms with Crippen LogP contribution in [0.4, 0.5) is 5.69 Å². The van der Waals surface area contributed by atoms with Gasteiger partial charge in [0.25, 0.3) is 5.91 Å². The second-order valence-electron chi connectivity index (χ2n) is 7.56. The molecule has 2 aromatic rings. The number of rotatable bonds is 11. The maximum Gasteiger partial charge on any atom is 0.308 e. The quantitative estimate of drug-likeness (QED) is 0.405. The van der Waals surface area contributed by atoms with E-state index in [0.717, 1.165) is 25.2 Å². The Balaban J connectivity index is 2.51. The van der Waals surface area contributed by atoms with Gasteiger partial charge < -0.3 is 14.0 Å². The van der Waals surface area contributed by atoms with Crippen molar-refractivity contribution in [3.8, 4) is 5.75 Å². The van der Waals surface area contributed by atoms with Gasteiger partial charge in [0.05, 0.1) is 16.3 Å². The van der Waals surface area contributed by atoms with Crippen molar-refractivity contribution in [1.29, 1.82) is 0 Å². The smallest absolute Gasteiger partial charge is 0.308 e. The standard InChI is InChI=1S/C24H33ClN2O4S/c1-6-18(5)27(24(28)21-12-10-11-13-22(21)25)17-19-14-15-20(26(7-2)8-3)16-23(19)31-32(29,30)9-4/h10-16,18H,6-9,17H2,1-5H3/t18-/m1/s1. The van der Waals surface area contributed by atoms with Crippen molar-refractivity contribution in [2.24, 2.45) is 0 Å². The number of amides is 1. The fourth-order valence-electron chi connectivity index (χ4n) is 3.35. The topological polar surface area (TPSA) is 66.9 Å². The summed E-state index contributed by atoms with van der Waals surface area (Å²) in [6.45, 7) is 11.3. The third kappa shape index (κ3) is 6.39. The Morgan fingerprint density at radius 2 is 1.72 bits per heavy atom. The fourth-order valence-corrected chi connectivity index (χ4v) is 4.12. The lowest BCUT2D eigenvalue weighted by Crippen LogP contribution is -2.38. The summed E-state index contributed by atoms with van der Waals surface area (Å²) in [6.07, 6.45) is 0.733. The molecule has 1 amide bonds. The fraction of sp³-hybridized carbons (Fsp3) is 0.458. The van der Waals surface area contributed by atoms with Gasteiger partial charge in [0.15, 0.2) is 0 Å². The summed E-state index contributed by atoms with van der Waals surface area (Å²) in [5.41, 5.74) is 1.91. The zero-order valence-electron chi connectivity index (χ0n) is 19.5. The van der Waals surface area contributed by atoms with Crippen LogP contribution in [0.15, 0.2) is 42.5 Å². The van der Waals surface area contributed by atoms with Crippen molar-refractivity contribution >= 4 is 33.3 Å². The second kappa shape index (κ2) is 11.6. The lowest BCUT2D eigenvalue weighted by atomic mass is 10.1. The van der Waals surface area contributed by atoms with Gasteiger partial charge in [0, 0.05) is 43.0 Å². The van der Waals surface area contributed by atoms with E-state index in [1.165, 1.54) is 6.92 Å². The van der Waals surface area contributed by atoms with Crippen molar-refractivity contribution in [2.75, 3.05) is 23.7 Å². The minimum atomic E-state index is -3.73. The van der Waals surface area contributed by atoms with Gasteiger partial charge in [-0.2, -0.15) is 8.42 Å². The molecular weight excluding hydrogens is 448 g/mol. The van der Waals surface area contributed by atoms with Crippen LogP contribution in [-0.4, -0.2) is 44.1 Å². The maximum absolute atomic E-state index is 13.4. The van der Waals surface area contributed by atoms with Crippen molar-refractivity contribution in [3.63, 3.8) is 0 Å². The van der Waals surface area contributed by atoms with Crippen LogP contribution in [0.25, 0.3) is 0 Å². The van der Waals surface area contributed by atoms with Crippen LogP contribution in [0.3, 0.4) is 0 Å². The van der Waals surface area contributed by atoms with E-state index in [0.29, 0.717) is 16.1 Å². The number of hydrogen-bond donors (Lipinski definition) is 0. The average Bonchev–Trinajstić information content (AvgIpc) is 2.78. The Morgan fingerprint density at radius 1 is 1.06 bits per heavy atom. The van der Waals surface area contributed by atoms with E-state index in [9.17, 15) is 13.2 Å². The van der Waals surface area contributed by atoms with E-state index in [1.54, 1.807) is 35.2 Å². The molecule has 0 saturated heterocycles. The average molecular weight is 481 g/mol. The molecule has 0 saturated carbocycles. The highest BCUT2D eigenvalue weighted by molar-refractivity contribution is 7.87. The van der Waals surface area contributed by atoms with Gasteiger partial charge in [0.1, 0.15) is 5.75 Å². The predicted octanol–water partition coefficient (Wildman–Crippen LogP) is 5.36. The summed E-state index contributed by atoms with van der Waals surface area (Å²) in [4.78, 5) is 17.2. The summed E-state index contributed by atoms with van der Waals surface area (Å²) in [7, 11) is -3.73. The van der Waals surface area contributed by atoms with E-state index < -0.39 is 10.1 Å². The second-order valence-corrected chi connectivity index (χ2v) is 9.83. The summed E-state index contributed by atoms with van der Waals surface area (Å²) in [6, 6.07) is 12.4. The molecule has 2 rings (SSSR count). The molecule has 0 spiro atoms. The number of carbonyl (C=O) groups is 1. The van der Waals surface area contributed by atoms with Crippen molar-refractivity contribution in [3.05, 3.63) is 58.6 Å². The van der Waals surface area contributed by atoms with E-state index in [2.05, 4.69) is 4.90 Å². The number of carbonyl (C=O) groups excluding carboxylic acids is 1. The molecule has 2 aromatic carbocycles. The van der Waals surface area contributed by atoms with Gasteiger partial charge in [-0.25, -0.2) is 0 Å². The first-order valence-corrected chi connectivity index (χ1v) is 13.0. The Kier molecular flexibility index (Phi) is 9.40. The molecule has 0 fully saturated rings. The van der Waals surface area contributed by atoms with Crippen LogP contribution in [-0.2, 0) is 16.7 Å². The van der Waals surface area contributed by atoms with E-state index >= 15 is 0 Å². The highest BCUT2D eigenvalue weighted by Gasteiger charge is 2.25. The SMILES string of the molecule is CC[C@@H](C)N(Cc1ccc(N(CC)CC)cc1OS(=O)(=O)CC)C(=O)c1ccccc1Cl. The van der Waals surface area contributed by atoms with E-state index in [1.807, 2.05) is 39.8 Å². The normalized spacial score (nSPS) is 12.3. The van der Waals surface area contributed by atoms with Gasteiger partial charge in [-0.05, 0) is 52.3 Å².